The highest BCUT2D eigenvalue weighted by Gasteiger charge is 2.37. The summed E-state index contributed by atoms with van der Waals surface area (Å²) in [6, 6.07) is 9.00. The Morgan fingerprint density at radius 1 is 1.22 bits per heavy atom. The van der Waals surface area contributed by atoms with Crippen LogP contribution in [-0.2, 0) is 11.2 Å². The lowest BCUT2D eigenvalue weighted by atomic mass is 9.85. The van der Waals surface area contributed by atoms with Crippen LogP contribution in [0.5, 0.6) is 0 Å². The molecule has 1 fully saturated rings. The first-order chi connectivity index (χ1) is 13.0. The van der Waals surface area contributed by atoms with Gasteiger partial charge >= 0.3 is 12.0 Å². The van der Waals surface area contributed by atoms with Crippen LogP contribution >= 0.6 is 0 Å². The topological polar surface area (TPSA) is 72.9 Å². The second-order valence-electron chi connectivity index (χ2n) is 7.68. The van der Waals surface area contributed by atoms with Crippen molar-refractivity contribution >= 4 is 12.0 Å². The number of nitrogens with zero attached hydrogens (tertiary/aromatic N) is 2. The average molecular weight is 373 g/mol. The number of rotatable bonds is 8. The van der Waals surface area contributed by atoms with Crippen molar-refractivity contribution in [3.63, 3.8) is 0 Å². The second kappa shape index (κ2) is 8.74. The molecule has 1 saturated carbocycles. The molecule has 0 spiro atoms. The van der Waals surface area contributed by atoms with E-state index in [1.165, 1.54) is 11.1 Å². The lowest BCUT2D eigenvalue weighted by Gasteiger charge is -2.43. The van der Waals surface area contributed by atoms with E-state index in [1.54, 1.807) is 0 Å². The Kier molecular flexibility index (Phi) is 6.37. The molecule has 0 bridgehead atoms. The third-order valence-corrected chi connectivity index (χ3v) is 5.90. The van der Waals surface area contributed by atoms with E-state index in [0.29, 0.717) is 0 Å². The van der Waals surface area contributed by atoms with Gasteiger partial charge in [0.05, 0.1) is 12.6 Å². The number of hydrogen-bond donors (Lipinski definition) is 2. The Bertz CT molecular complexity index is 672. The molecule has 0 aliphatic heterocycles. The highest BCUT2D eigenvalue weighted by molar-refractivity contribution is 5.75. The van der Waals surface area contributed by atoms with Crippen molar-refractivity contribution in [1.82, 2.24) is 15.1 Å². The maximum absolute atomic E-state index is 13.0. The number of carboxylic acid groups (broad SMARTS) is 1. The number of benzene rings is 1. The molecule has 1 atom stereocenters. The SMILES string of the molecule is CCCN(C(=O)NC1CC(N(CC)CC(=O)O)C1)C1CCc2ccccc21. The minimum absolute atomic E-state index is 0.0169. The quantitative estimate of drug-likeness (QED) is 0.735. The van der Waals surface area contributed by atoms with Gasteiger partial charge in [-0.2, -0.15) is 0 Å². The number of carbonyl (C=O) groups is 2. The second-order valence-corrected chi connectivity index (χ2v) is 7.68. The molecule has 0 radical (unpaired) electrons. The first-order valence-corrected chi connectivity index (χ1v) is 10.1. The van der Waals surface area contributed by atoms with Gasteiger partial charge in [-0.25, -0.2) is 4.79 Å². The molecular weight excluding hydrogens is 342 g/mol. The summed E-state index contributed by atoms with van der Waals surface area (Å²) in [4.78, 5) is 27.9. The van der Waals surface area contributed by atoms with Crippen molar-refractivity contribution in [2.24, 2.45) is 0 Å². The first kappa shape index (κ1) is 19.7. The predicted octanol–water partition coefficient (Wildman–Crippen LogP) is 3.03. The van der Waals surface area contributed by atoms with Crippen LogP contribution in [0.2, 0.25) is 0 Å². The summed E-state index contributed by atoms with van der Waals surface area (Å²) in [6.07, 6.45) is 4.60. The molecule has 27 heavy (non-hydrogen) atoms. The summed E-state index contributed by atoms with van der Waals surface area (Å²) >= 11 is 0. The van der Waals surface area contributed by atoms with E-state index in [-0.39, 0.29) is 30.7 Å². The molecule has 2 amide bonds. The van der Waals surface area contributed by atoms with Crippen LogP contribution in [0.25, 0.3) is 0 Å². The number of fused-ring (bicyclic) bond motifs is 1. The molecule has 148 valence electrons. The number of carbonyl (C=O) groups excluding carboxylic acids is 1. The highest BCUT2D eigenvalue weighted by Crippen LogP contribution is 2.36. The number of carboxylic acids is 1. The molecule has 0 heterocycles. The van der Waals surface area contributed by atoms with E-state index in [2.05, 4.69) is 36.5 Å². The summed E-state index contributed by atoms with van der Waals surface area (Å²) in [6.45, 7) is 5.63. The maximum atomic E-state index is 13.0. The zero-order valence-electron chi connectivity index (χ0n) is 16.4. The number of likely N-dealkylation sites (N-methyl/N-ethyl adjacent to an activating group) is 1. The Labute approximate surface area is 161 Å². The molecule has 2 N–H and O–H groups in total. The number of hydrogen-bond acceptors (Lipinski definition) is 3. The third-order valence-electron chi connectivity index (χ3n) is 5.90. The van der Waals surface area contributed by atoms with Gasteiger partial charge in [0.2, 0.25) is 0 Å². The van der Waals surface area contributed by atoms with Gasteiger partial charge in [-0.1, -0.05) is 38.1 Å². The molecule has 6 heteroatoms. The Balaban J connectivity index is 1.57. The summed E-state index contributed by atoms with van der Waals surface area (Å²) < 4.78 is 0. The van der Waals surface area contributed by atoms with Crippen molar-refractivity contribution < 1.29 is 14.7 Å². The van der Waals surface area contributed by atoms with E-state index in [1.807, 2.05) is 16.7 Å². The summed E-state index contributed by atoms with van der Waals surface area (Å²) in [5.41, 5.74) is 2.64. The van der Waals surface area contributed by atoms with Crippen LogP contribution in [0.4, 0.5) is 4.79 Å². The Morgan fingerprint density at radius 3 is 2.63 bits per heavy atom. The van der Waals surface area contributed by atoms with Crippen molar-refractivity contribution in [1.29, 1.82) is 0 Å². The largest absolute Gasteiger partial charge is 0.480 e. The van der Waals surface area contributed by atoms with Gasteiger partial charge in [-0.05, 0) is 49.8 Å². The van der Waals surface area contributed by atoms with Gasteiger partial charge in [0.1, 0.15) is 0 Å². The third kappa shape index (κ3) is 4.43. The van der Waals surface area contributed by atoms with E-state index in [9.17, 15) is 9.59 Å². The van der Waals surface area contributed by atoms with Crippen molar-refractivity contribution in [2.75, 3.05) is 19.6 Å². The van der Waals surface area contributed by atoms with Crippen LogP contribution in [0, 0.1) is 0 Å². The van der Waals surface area contributed by atoms with Gasteiger partial charge in [0.25, 0.3) is 0 Å². The van der Waals surface area contributed by atoms with Crippen LogP contribution in [0.1, 0.15) is 56.7 Å². The molecule has 1 aromatic carbocycles. The number of urea groups is 1. The number of amides is 2. The lowest BCUT2D eigenvalue weighted by Crippen LogP contribution is -2.57. The molecular formula is C21H31N3O3. The molecule has 0 aromatic heterocycles. The van der Waals surface area contributed by atoms with Crippen molar-refractivity contribution in [3.8, 4) is 0 Å². The lowest BCUT2D eigenvalue weighted by molar-refractivity contribution is -0.139. The summed E-state index contributed by atoms with van der Waals surface area (Å²) in [5, 5.41) is 12.2. The smallest absolute Gasteiger partial charge is 0.318 e. The number of nitrogens with one attached hydrogen (secondary N) is 1. The predicted molar refractivity (Wildman–Crippen MR) is 105 cm³/mol. The average Bonchev–Trinajstić information content (AvgIpc) is 3.04. The fraction of sp³-hybridized carbons (Fsp3) is 0.619. The van der Waals surface area contributed by atoms with Crippen LogP contribution < -0.4 is 5.32 Å². The molecule has 1 aromatic rings. The fourth-order valence-electron chi connectivity index (χ4n) is 4.43. The first-order valence-electron chi connectivity index (χ1n) is 10.1. The minimum Gasteiger partial charge on any atom is -0.480 e. The van der Waals surface area contributed by atoms with Gasteiger partial charge in [-0.15, -0.1) is 0 Å². The Morgan fingerprint density at radius 2 is 1.96 bits per heavy atom. The van der Waals surface area contributed by atoms with E-state index in [4.69, 9.17) is 5.11 Å². The Hall–Kier alpha value is -2.08. The maximum Gasteiger partial charge on any atom is 0.318 e. The number of aliphatic carboxylic acids is 1. The zero-order valence-corrected chi connectivity index (χ0v) is 16.4. The zero-order chi connectivity index (χ0) is 19.4. The van der Waals surface area contributed by atoms with Gasteiger partial charge in [-0.3, -0.25) is 9.69 Å². The van der Waals surface area contributed by atoms with Crippen LogP contribution in [0.15, 0.2) is 24.3 Å². The molecule has 2 aliphatic carbocycles. The van der Waals surface area contributed by atoms with E-state index < -0.39 is 5.97 Å². The van der Waals surface area contributed by atoms with Gasteiger partial charge < -0.3 is 15.3 Å². The van der Waals surface area contributed by atoms with E-state index >= 15 is 0 Å². The minimum atomic E-state index is -0.793. The summed E-state index contributed by atoms with van der Waals surface area (Å²) in [7, 11) is 0. The van der Waals surface area contributed by atoms with Gasteiger partial charge in [0, 0.05) is 18.6 Å². The fourth-order valence-corrected chi connectivity index (χ4v) is 4.43. The molecule has 3 rings (SSSR count). The number of aryl methyl sites for hydroxylation is 1. The van der Waals surface area contributed by atoms with Crippen LogP contribution in [0.3, 0.4) is 0 Å². The molecule has 0 saturated heterocycles. The molecule has 6 nitrogen and oxygen atoms in total. The highest BCUT2D eigenvalue weighted by atomic mass is 16.4. The van der Waals surface area contributed by atoms with E-state index in [0.717, 1.165) is 45.2 Å². The molecule has 2 aliphatic rings. The van der Waals surface area contributed by atoms with Crippen molar-refractivity contribution in [2.45, 2.75) is 64.1 Å². The molecule has 1 unspecified atom stereocenters. The van der Waals surface area contributed by atoms with Crippen molar-refractivity contribution in [3.05, 3.63) is 35.4 Å². The monoisotopic (exact) mass is 373 g/mol. The summed E-state index contributed by atoms with van der Waals surface area (Å²) in [5.74, 6) is -0.793. The van der Waals surface area contributed by atoms with Crippen LogP contribution in [-0.4, -0.2) is 58.6 Å². The standard InChI is InChI=1S/C21H31N3O3/c1-3-11-24(19-10-9-15-7-5-6-8-18(15)19)21(27)22-16-12-17(13-16)23(4-2)14-20(25)26/h5-8,16-17,19H,3-4,9-14H2,1-2H3,(H,22,27)(H,25,26). The van der Waals surface area contributed by atoms with Gasteiger partial charge in [0.15, 0.2) is 0 Å². The normalized spacial score (nSPS) is 23.6.